The molecule has 0 saturated heterocycles. The van der Waals surface area contributed by atoms with E-state index in [1.165, 1.54) is 13.4 Å². The Hall–Kier alpha value is -3.55. The molecule has 0 saturated carbocycles. The molecule has 0 unspecified atom stereocenters. The zero-order valence-corrected chi connectivity index (χ0v) is 13.3. The van der Waals surface area contributed by atoms with E-state index >= 15 is 0 Å². The van der Waals surface area contributed by atoms with Gasteiger partial charge in [-0.3, -0.25) is 4.98 Å². The summed E-state index contributed by atoms with van der Waals surface area (Å²) < 4.78 is 11.5. The van der Waals surface area contributed by atoms with E-state index in [0.717, 1.165) is 16.5 Å². The largest absolute Gasteiger partial charge is 0.464 e. The number of esters is 1. The molecule has 0 radical (unpaired) electrons. The highest BCUT2D eigenvalue weighted by molar-refractivity contribution is 5.92. The quantitative estimate of drug-likeness (QED) is 0.528. The van der Waals surface area contributed by atoms with E-state index in [-0.39, 0.29) is 12.2 Å². The Balaban J connectivity index is 1.62. The fraction of sp³-hybridized carbons (Fsp3) is 0.118. The lowest BCUT2D eigenvalue weighted by atomic mass is 10.1. The van der Waals surface area contributed by atoms with Crippen molar-refractivity contribution in [2.24, 2.45) is 0 Å². The fourth-order valence-electron chi connectivity index (χ4n) is 2.53. The van der Waals surface area contributed by atoms with Crippen LogP contribution in [0.4, 0.5) is 0 Å². The van der Waals surface area contributed by atoms with Crippen LogP contribution in [0, 0.1) is 0 Å². The third-order valence-corrected chi connectivity index (χ3v) is 3.69. The standard InChI is InChI=1S/C17H13N5O3/c1-24-17(23)14-10-25-15(19-14)9-22-8-13(20-21-22)12-6-2-4-11-5-3-7-18-16(11)12/h2-8,10H,9H2,1H3. The predicted octanol–water partition coefficient (Wildman–Crippen LogP) is 2.32. The van der Waals surface area contributed by atoms with Gasteiger partial charge in [0.25, 0.3) is 0 Å². The van der Waals surface area contributed by atoms with Gasteiger partial charge in [0, 0.05) is 17.1 Å². The van der Waals surface area contributed by atoms with Crippen molar-refractivity contribution < 1.29 is 13.9 Å². The van der Waals surface area contributed by atoms with E-state index in [4.69, 9.17) is 4.42 Å². The molecule has 1 aromatic carbocycles. The van der Waals surface area contributed by atoms with Crippen molar-refractivity contribution in [3.8, 4) is 11.3 Å². The molecule has 0 atom stereocenters. The molecule has 0 fully saturated rings. The van der Waals surface area contributed by atoms with Crippen LogP contribution in [0.2, 0.25) is 0 Å². The Kier molecular flexibility index (Phi) is 3.70. The number of para-hydroxylation sites is 1. The van der Waals surface area contributed by atoms with E-state index in [9.17, 15) is 4.79 Å². The first-order valence-electron chi connectivity index (χ1n) is 7.51. The maximum atomic E-state index is 11.4. The number of oxazole rings is 1. The second-order valence-corrected chi connectivity index (χ2v) is 5.30. The summed E-state index contributed by atoms with van der Waals surface area (Å²) in [4.78, 5) is 19.9. The van der Waals surface area contributed by atoms with Crippen LogP contribution < -0.4 is 0 Å². The van der Waals surface area contributed by atoms with Crippen molar-refractivity contribution in [3.63, 3.8) is 0 Å². The monoisotopic (exact) mass is 335 g/mol. The number of aromatic nitrogens is 5. The van der Waals surface area contributed by atoms with Gasteiger partial charge in [-0.2, -0.15) is 0 Å². The average Bonchev–Trinajstić information content (AvgIpc) is 3.31. The number of carbonyl (C=O) groups excluding carboxylic acids is 1. The summed E-state index contributed by atoms with van der Waals surface area (Å²) in [7, 11) is 1.29. The Morgan fingerprint density at radius 3 is 3.04 bits per heavy atom. The molecule has 0 N–H and O–H groups in total. The molecular weight excluding hydrogens is 322 g/mol. The first-order chi connectivity index (χ1) is 12.2. The van der Waals surface area contributed by atoms with E-state index in [1.54, 1.807) is 17.1 Å². The molecule has 0 aliphatic rings. The predicted molar refractivity (Wildman–Crippen MR) is 87.7 cm³/mol. The maximum absolute atomic E-state index is 11.4. The number of ether oxygens (including phenoxy) is 1. The topological polar surface area (TPSA) is 95.9 Å². The number of fused-ring (bicyclic) bond motifs is 1. The van der Waals surface area contributed by atoms with Crippen molar-refractivity contribution >= 4 is 16.9 Å². The minimum Gasteiger partial charge on any atom is -0.464 e. The minimum atomic E-state index is -0.545. The smallest absolute Gasteiger partial charge is 0.360 e. The Labute approximate surface area is 142 Å². The number of pyridine rings is 1. The molecular formula is C17H13N5O3. The molecule has 8 heteroatoms. The van der Waals surface area contributed by atoms with Crippen molar-refractivity contribution in [1.82, 2.24) is 25.0 Å². The van der Waals surface area contributed by atoms with Gasteiger partial charge < -0.3 is 9.15 Å². The normalized spacial score (nSPS) is 10.9. The Morgan fingerprint density at radius 1 is 1.28 bits per heavy atom. The molecule has 0 bridgehead atoms. The van der Waals surface area contributed by atoms with Crippen LogP contribution in [0.1, 0.15) is 16.4 Å². The molecule has 124 valence electrons. The van der Waals surface area contributed by atoms with E-state index < -0.39 is 5.97 Å². The summed E-state index contributed by atoms with van der Waals surface area (Å²) >= 11 is 0. The van der Waals surface area contributed by atoms with Crippen LogP contribution in [0.25, 0.3) is 22.2 Å². The molecule has 25 heavy (non-hydrogen) atoms. The summed E-state index contributed by atoms with van der Waals surface area (Å²) in [6.45, 7) is 0.252. The summed E-state index contributed by atoms with van der Waals surface area (Å²) in [5.41, 5.74) is 2.58. The van der Waals surface area contributed by atoms with Crippen LogP contribution >= 0.6 is 0 Å². The summed E-state index contributed by atoms with van der Waals surface area (Å²) in [5.74, 6) is -0.205. The summed E-state index contributed by atoms with van der Waals surface area (Å²) in [5, 5.41) is 9.33. The number of methoxy groups -OCH3 is 1. The summed E-state index contributed by atoms with van der Waals surface area (Å²) in [6, 6.07) is 9.79. The highest BCUT2D eigenvalue weighted by Gasteiger charge is 2.14. The maximum Gasteiger partial charge on any atom is 0.360 e. The number of hydrogen-bond donors (Lipinski definition) is 0. The zero-order valence-electron chi connectivity index (χ0n) is 13.3. The molecule has 3 heterocycles. The number of benzene rings is 1. The molecule has 4 rings (SSSR count). The van der Waals surface area contributed by atoms with Gasteiger partial charge in [-0.15, -0.1) is 5.10 Å². The van der Waals surface area contributed by atoms with Crippen LogP contribution in [0.5, 0.6) is 0 Å². The number of rotatable bonds is 4. The number of hydrogen-bond acceptors (Lipinski definition) is 7. The lowest BCUT2D eigenvalue weighted by molar-refractivity contribution is 0.0594. The fourth-order valence-corrected chi connectivity index (χ4v) is 2.53. The lowest BCUT2D eigenvalue weighted by Gasteiger charge is -2.01. The average molecular weight is 335 g/mol. The highest BCUT2D eigenvalue weighted by Crippen LogP contribution is 2.25. The summed E-state index contributed by atoms with van der Waals surface area (Å²) in [6.07, 6.45) is 4.79. The Bertz CT molecular complexity index is 1050. The van der Waals surface area contributed by atoms with Gasteiger partial charge in [-0.25, -0.2) is 14.5 Å². The first-order valence-corrected chi connectivity index (χ1v) is 7.51. The van der Waals surface area contributed by atoms with Crippen molar-refractivity contribution in [2.75, 3.05) is 7.11 Å². The van der Waals surface area contributed by atoms with E-state index in [2.05, 4.69) is 25.0 Å². The van der Waals surface area contributed by atoms with Gasteiger partial charge >= 0.3 is 5.97 Å². The lowest BCUT2D eigenvalue weighted by Crippen LogP contribution is -2.04. The third kappa shape index (κ3) is 2.85. The van der Waals surface area contributed by atoms with E-state index in [1.807, 2.05) is 30.3 Å². The second-order valence-electron chi connectivity index (χ2n) is 5.30. The van der Waals surface area contributed by atoms with Gasteiger partial charge in [0.2, 0.25) is 5.89 Å². The minimum absolute atomic E-state index is 0.121. The molecule has 3 aromatic heterocycles. The second kappa shape index (κ2) is 6.16. The van der Waals surface area contributed by atoms with Crippen molar-refractivity contribution in [3.05, 3.63) is 60.6 Å². The van der Waals surface area contributed by atoms with E-state index in [0.29, 0.717) is 11.6 Å². The molecule has 8 nitrogen and oxygen atoms in total. The third-order valence-electron chi connectivity index (χ3n) is 3.69. The van der Waals surface area contributed by atoms with Crippen LogP contribution in [0.3, 0.4) is 0 Å². The van der Waals surface area contributed by atoms with Gasteiger partial charge in [0.1, 0.15) is 18.5 Å². The van der Waals surface area contributed by atoms with Crippen LogP contribution in [-0.2, 0) is 11.3 Å². The van der Waals surface area contributed by atoms with Crippen LogP contribution in [-0.4, -0.2) is 38.0 Å². The molecule has 0 aliphatic heterocycles. The zero-order chi connectivity index (χ0) is 17.2. The van der Waals surface area contributed by atoms with Crippen molar-refractivity contribution in [1.29, 1.82) is 0 Å². The van der Waals surface area contributed by atoms with Crippen LogP contribution in [0.15, 0.2) is 53.4 Å². The van der Waals surface area contributed by atoms with Gasteiger partial charge in [-0.1, -0.05) is 29.5 Å². The molecule has 4 aromatic rings. The highest BCUT2D eigenvalue weighted by atomic mass is 16.5. The number of nitrogens with zero attached hydrogens (tertiary/aromatic N) is 5. The molecule has 0 amide bonds. The van der Waals surface area contributed by atoms with Crippen molar-refractivity contribution in [2.45, 2.75) is 6.54 Å². The van der Waals surface area contributed by atoms with Gasteiger partial charge in [0.15, 0.2) is 5.69 Å². The SMILES string of the molecule is COC(=O)c1coc(Cn2cc(-c3cccc4cccnc34)nn2)n1. The molecule has 0 aliphatic carbocycles. The van der Waals surface area contributed by atoms with Gasteiger partial charge in [0.05, 0.1) is 18.8 Å². The first kappa shape index (κ1) is 15.0. The molecule has 0 spiro atoms. The Morgan fingerprint density at radius 2 is 2.16 bits per heavy atom. The number of carbonyl (C=O) groups is 1. The van der Waals surface area contributed by atoms with Gasteiger partial charge in [-0.05, 0) is 6.07 Å².